The van der Waals surface area contributed by atoms with Crippen molar-refractivity contribution in [2.24, 2.45) is 5.73 Å². The molecule has 0 atom stereocenters. The molecule has 2 aromatic rings. The summed E-state index contributed by atoms with van der Waals surface area (Å²) in [6.07, 6.45) is 4.55. The Morgan fingerprint density at radius 2 is 2.00 bits per heavy atom. The van der Waals surface area contributed by atoms with E-state index in [1.807, 2.05) is 12.1 Å². The van der Waals surface area contributed by atoms with Crippen LogP contribution in [0.15, 0.2) is 24.3 Å². The molecule has 4 nitrogen and oxygen atoms in total. The zero-order valence-corrected chi connectivity index (χ0v) is 12.0. The molecule has 20 heavy (non-hydrogen) atoms. The van der Waals surface area contributed by atoms with Gasteiger partial charge in [-0.15, -0.1) is 11.3 Å². The molecule has 3 rings (SSSR count). The summed E-state index contributed by atoms with van der Waals surface area (Å²) in [4.78, 5) is 18.0. The fourth-order valence-corrected chi connectivity index (χ4v) is 3.41. The van der Waals surface area contributed by atoms with E-state index in [0.29, 0.717) is 17.2 Å². The van der Waals surface area contributed by atoms with E-state index >= 15 is 0 Å². The predicted molar refractivity (Wildman–Crippen MR) is 81.0 cm³/mol. The predicted octanol–water partition coefficient (Wildman–Crippen LogP) is 2.73. The number of hydrogen-bond donors (Lipinski definition) is 2. The van der Waals surface area contributed by atoms with Crippen LogP contribution < -0.4 is 11.1 Å². The lowest BCUT2D eigenvalue weighted by atomic mass is 10.0. The second kappa shape index (κ2) is 5.73. The molecule has 0 aliphatic heterocycles. The van der Waals surface area contributed by atoms with Gasteiger partial charge < -0.3 is 5.73 Å². The zero-order valence-electron chi connectivity index (χ0n) is 11.2. The SMILES string of the molecule is NCc1ccc(C(=O)Nc2nc3c(s2)CCCC3)cc1. The van der Waals surface area contributed by atoms with Gasteiger partial charge in [0.1, 0.15) is 0 Å². The standard InChI is InChI=1S/C15H17N3OS/c16-9-10-5-7-11(8-6-10)14(19)18-15-17-12-3-1-2-4-13(12)20-15/h5-8H,1-4,9,16H2,(H,17,18,19). The third-order valence-electron chi connectivity index (χ3n) is 3.52. The highest BCUT2D eigenvalue weighted by molar-refractivity contribution is 7.15. The molecule has 1 aromatic carbocycles. The molecule has 0 radical (unpaired) electrons. The summed E-state index contributed by atoms with van der Waals surface area (Å²) >= 11 is 1.60. The van der Waals surface area contributed by atoms with Crippen LogP contribution in [-0.2, 0) is 19.4 Å². The molecule has 0 bridgehead atoms. The first-order valence-electron chi connectivity index (χ1n) is 6.85. The highest BCUT2D eigenvalue weighted by Gasteiger charge is 2.16. The molecular weight excluding hydrogens is 270 g/mol. The van der Waals surface area contributed by atoms with Crippen LogP contribution in [0, 0.1) is 0 Å². The Morgan fingerprint density at radius 1 is 1.25 bits per heavy atom. The molecule has 0 fully saturated rings. The van der Waals surface area contributed by atoms with Gasteiger partial charge in [-0.05, 0) is 43.4 Å². The lowest BCUT2D eigenvalue weighted by molar-refractivity contribution is 0.102. The first-order chi connectivity index (χ1) is 9.76. The topological polar surface area (TPSA) is 68.0 Å². The van der Waals surface area contributed by atoms with Gasteiger partial charge in [0.25, 0.3) is 5.91 Å². The van der Waals surface area contributed by atoms with Gasteiger partial charge in [-0.3, -0.25) is 10.1 Å². The average molecular weight is 287 g/mol. The zero-order chi connectivity index (χ0) is 13.9. The van der Waals surface area contributed by atoms with Crippen LogP contribution in [-0.4, -0.2) is 10.9 Å². The van der Waals surface area contributed by atoms with E-state index in [1.54, 1.807) is 23.5 Å². The minimum atomic E-state index is -0.111. The minimum absolute atomic E-state index is 0.111. The third kappa shape index (κ3) is 2.73. The van der Waals surface area contributed by atoms with Crippen molar-refractivity contribution in [3.8, 4) is 0 Å². The van der Waals surface area contributed by atoms with Gasteiger partial charge in [0.05, 0.1) is 5.69 Å². The molecule has 0 saturated carbocycles. The number of amides is 1. The Balaban J connectivity index is 1.73. The first-order valence-corrected chi connectivity index (χ1v) is 7.67. The second-order valence-corrected chi connectivity index (χ2v) is 6.03. The number of thiazole rings is 1. The van der Waals surface area contributed by atoms with Gasteiger partial charge in [0, 0.05) is 17.0 Å². The van der Waals surface area contributed by atoms with E-state index in [4.69, 9.17) is 5.73 Å². The average Bonchev–Trinajstić information content (AvgIpc) is 2.89. The highest BCUT2D eigenvalue weighted by atomic mass is 32.1. The lowest BCUT2D eigenvalue weighted by Crippen LogP contribution is -2.12. The van der Waals surface area contributed by atoms with Crippen molar-refractivity contribution in [1.29, 1.82) is 0 Å². The van der Waals surface area contributed by atoms with Crippen LogP contribution >= 0.6 is 11.3 Å². The summed E-state index contributed by atoms with van der Waals surface area (Å²) < 4.78 is 0. The van der Waals surface area contributed by atoms with Crippen molar-refractivity contribution >= 4 is 22.4 Å². The number of hydrogen-bond acceptors (Lipinski definition) is 4. The molecule has 0 saturated heterocycles. The number of carbonyl (C=O) groups excluding carboxylic acids is 1. The van der Waals surface area contributed by atoms with Crippen LogP contribution in [0.3, 0.4) is 0 Å². The number of nitrogens with zero attached hydrogens (tertiary/aromatic N) is 1. The largest absolute Gasteiger partial charge is 0.326 e. The number of aryl methyl sites for hydroxylation is 2. The Labute approximate surface area is 122 Å². The van der Waals surface area contributed by atoms with E-state index in [0.717, 1.165) is 24.1 Å². The van der Waals surface area contributed by atoms with Crippen molar-refractivity contribution in [2.75, 3.05) is 5.32 Å². The number of nitrogens with one attached hydrogen (secondary N) is 1. The van der Waals surface area contributed by atoms with Crippen LogP contribution in [0.5, 0.6) is 0 Å². The quantitative estimate of drug-likeness (QED) is 0.912. The highest BCUT2D eigenvalue weighted by Crippen LogP contribution is 2.29. The number of nitrogens with two attached hydrogens (primary N) is 1. The summed E-state index contributed by atoms with van der Waals surface area (Å²) in [5.74, 6) is -0.111. The van der Waals surface area contributed by atoms with Crippen molar-refractivity contribution < 1.29 is 4.79 Å². The van der Waals surface area contributed by atoms with Gasteiger partial charge in [0.15, 0.2) is 5.13 Å². The summed E-state index contributed by atoms with van der Waals surface area (Å²) in [5.41, 5.74) is 8.36. The van der Waals surface area contributed by atoms with Crippen molar-refractivity contribution in [1.82, 2.24) is 4.98 Å². The summed E-state index contributed by atoms with van der Waals surface area (Å²) in [6, 6.07) is 7.35. The van der Waals surface area contributed by atoms with Crippen LogP contribution in [0.4, 0.5) is 5.13 Å². The fraction of sp³-hybridized carbons (Fsp3) is 0.333. The van der Waals surface area contributed by atoms with Crippen LogP contribution in [0.2, 0.25) is 0 Å². The van der Waals surface area contributed by atoms with Crippen molar-refractivity contribution in [2.45, 2.75) is 32.2 Å². The fourth-order valence-electron chi connectivity index (χ4n) is 2.37. The molecule has 1 aliphatic carbocycles. The van der Waals surface area contributed by atoms with Crippen molar-refractivity contribution in [3.05, 3.63) is 46.0 Å². The third-order valence-corrected chi connectivity index (χ3v) is 4.59. The number of benzene rings is 1. The minimum Gasteiger partial charge on any atom is -0.326 e. The number of fused-ring (bicyclic) bond motifs is 1. The van der Waals surface area contributed by atoms with Gasteiger partial charge in [-0.2, -0.15) is 0 Å². The molecule has 5 heteroatoms. The molecule has 1 aromatic heterocycles. The van der Waals surface area contributed by atoms with Crippen LogP contribution in [0.1, 0.15) is 39.3 Å². The van der Waals surface area contributed by atoms with Gasteiger partial charge >= 0.3 is 0 Å². The Morgan fingerprint density at radius 3 is 2.70 bits per heavy atom. The molecule has 104 valence electrons. The van der Waals surface area contributed by atoms with E-state index < -0.39 is 0 Å². The van der Waals surface area contributed by atoms with E-state index in [2.05, 4.69) is 10.3 Å². The number of aromatic nitrogens is 1. The normalized spacial score (nSPS) is 13.8. The monoisotopic (exact) mass is 287 g/mol. The van der Waals surface area contributed by atoms with Gasteiger partial charge in [0.2, 0.25) is 0 Å². The summed E-state index contributed by atoms with van der Waals surface area (Å²) in [5, 5.41) is 3.60. The Hall–Kier alpha value is -1.72. The first kappa shape index (κ1) is 13.3. The Bertz CT molecular complexity index is 595. The molecule has 0 unspecified atom stereocenters. The Kier molecular flexibility index (Phi) is 3.80. The van der Waals surface area contributed by atoms with Crippen molar-refractivity contribution in [3.63, 3.8) is 0 Å². The van der Waals surface area contributed by atoms with Crippen LogP contribution in [0.25, 0.3) is 0 Å². The maximum absolute atomic E-state index is 12.2. The van der Waals surface area contributed by atoms with E-state index in [-0.39, 0.29) is 5.91 Å². The smallest absolute Gasteiger partial charge is 0.257 e. The molecule has 1 aliphatic rings. The molecular formula is C15H17N3OS. The number of carbonyl (C=O) groups is 1. The van der Waals surface area contributed by atoms with Gasteiger partial charge in [-0.1, -0.05) is 12.1 Å². The maximum atomic E-state index is 12.2. The summed E-state index contributed by atoms with van der Waals surface area (Å²) in [6.45, 7) is 0.487. The summed E-state index contributed by atoms with van der Waals surface area (Å²) in [7, 11) is 0. The maximum Gasteiger partial charge on any atom is 0.257 e. The number of rotatable bonds is 3. The molecule has 3 N–H and O–H groups in total. The molecule has 1 amide bonds. The number of anilines is 1. The lowest BCUT2D eigenvalue weighted by Gasteiger charge is -2.06. The van der Waals surface area contributed by atoms with Gasteiger partial charge in [-0.25, -0.2) is 4.98 Å². The van der Waals surface area contributed by atoms with E-state index in [9.17, 15) is 4.79 Å². The second-order valence-electron chi connectivity index (χ2n) is 4.95. The molecule has 0 spiro atoms. The van der Waals surface area contributed by atoms with E-state index in [1.165, 1.54) is 17.7 Å². The molecule has 1 heterocycles.